The number of aliphatic carboxylic acids is 1. The van der Waals surface area contributed by atoms with Crippen LogP contribution in [-0.4, -0.2) is 51.6 Å². The Labute approximate surface area is 234 Å². The highest BCUT2D eigenvalue weighted by molar-refractivity contribution is 6.10. The zero-order chi connectivity index (χ0) is 27.9. The number of carboxylic acids is 1. The van der Waals surface area contributed by atoms with E-state index >= 15 is 0 Å². The number of anilines is 3. The third-order valence-corrected chi connectivity index (χ3v) is 7.77. The Bertz CT molecular complexity index is 1310. The Morgan fingerprint density at radius 2 is 1.88 bits per heavy atom. The first-order valence-electron chi connectivity index (χ1n) is 14.1. The van der Waals surface area contributed by atoms with Crippen molar-refractivity contribution < 1.29 is 19.4 Å². The second-order valence-corrected chi connectivity index (χ2v) is 10.5. The highest BCUT2D eigenvalue weighted by Crippen LogP contribution is 2.38. The molecule has 1 amide bonds. The molecule has 0 atom stereocenters. The van der Waals surface area contributed by atoms with Crippen molar-refractivity contribution in [3.8, 4) is 5.88 Å². The van der Waals surface area contributed by atoms with Gasteiger partial charge < -0.3 is 25.8 Å². The maximum Gasteiger partial charge on any atom is 0.303 e. The monoisotopic (exact) mass is 544 g/mol. The molecule has 0 radical (unpaired) electrons. The van der Waals surface area contributed by atoms with E-state index in [4.69, 9.17) is 15.6 Å². The molecule has 0 spiro atoms. The number of fused-ring (bicyclic) bond motifs is 1. The lowest BCUT2D eigenvalue weighted by atomic mass is 9.77. The van der Waals surface area contributed by atoms with Crippen LogP contribution in [0.5, 0.6) is 5.88 Å². The zero-order valence-corrected chi connectivity index (χ0v) is 22.6. The van der Waals surface area contributed by atoms with Gasteiger partial charge in [-0.15, -0.1) is 0 Å². The van der Waals surface area contributed by atoms with Crippen molar-refractivity contribution in [1.29, 1.82) is 0 Å². The minimum Gasteiger partial charge on any atom is -0.481 e. The number of carboxylic acid groups (broad SMARTS) is 1. The van der Waals surface area contributed by atoms with E-state index in [1.165, 1.54) is 5.56 Å². The number of nitrogens with two attached hydrogens (primary N) is 1. The molecule has 10 heteroatoms. The number of pyridine rings is 1. The average Bonchev–Trinajstić information content (AvgIpc) is 3.12. The van der Waals surface area contributed by atoms with Crippen molar-refractivity contribution >= 4 is 29.3 Å². The fraction of sp³-hybridized carbons (Fsp3) is 0.433. The number of hydrogen-bond donors (Lipinski definition) is 3. The smallest absolute Gasteiger partial charge is 0.303 e. The summed E-state index contributed by atoms with van der Waals surface area (Å²) < 4.78 is 5.85. The van der Waals surface area contributed by atoms with Gasteiger partial charge in [0.1, 0.15) is 18.0 Å². The predicted molar refractivity (Wildman–Crippen MR) is 153 cm³/mol. The van der Waals surface area contributed by atoms with Gasteiger partial charge in [-0.25, -0.2) is 0 Å². The second kappa shape index (κ2) is 12.8. The molecule has 10 nitrogen and oxygen atoms in total. The molecule has 3 heterocycles. The molecule has 0 bridgehead atoms. The molecule has 0 saturated heterocycles. The van der Waals surface area contributed by atoms with E-state index in [0.717, 1.165) is 56.3 Å². The van der Waals surface area contributed by atoms with Crippen LogP contribution in [-0.2, 0) is 11.2 Å². The number of carbonyl (C=O) groups is 2. The Hall–Kier alpha value is -4.21. The van der Waals surface area contributed by atoms with E-state index in [-0.39, 0.29) is 42.1 Å². The predicted octanol–water partition coefficient (Wildman–Crippen LogP) is 4.68. The Morgan fingerprint density at radius 1 is 1.07 bits per heavy atom. The number of unbranched alkanes of at least 4 members (excludes halogenated alkanes) is 1. The van der Waals surface area contributed by atoms with Gasteiger partial charge in [0.15, 0.2) is 0 Å². The number of hydrogen-bond acceptors (Lipinski definition) is 8. The summed E-state index contributed by atoms with van der Waals surface area (Å²) in [6, 6.07) is 14.0. The van der Waals surface area contributed by atoms with Gasteiger partial charge in [0.2, 0.25) is 11.8 Å². The lowest BCUT2D eigenvalue weighted by molar-refractivity contribution is -0.138. The van der Waals surface area contributed by atoms with Crippen LogP contribution in [0.15, 0.2) is 48.7 Å². The van der Waals surface area contributed by atoms with Crippen LogP contribution in [0.2, 0.25) is 0 Å². The van der Waals surface area contributed by atoms with Gasteiger partial charge in [0.05, 0.1) is 6.54 Å². The lowest BCUT2D eigenvalue weighted by Crippen LogP contribution is -2.32. The Morgan fingerprint density at radius 3 is 2.60 bits per heavy atom. The van der Waals surface area contributed by atoms with Gasteiger partial charge in [-0.3, -0.25) is 14.6 Å². The summed E-state index contributed by atoms with van der Waals surface area (Å²) in [4.78, 5) is 39.3. The number of nitrogens with zero attached hydrogens (tertiary/aromatic N) is 4. The van der Waals surface area contributed by atoms with Gasteiger partial charge >= 0.3 is 5.97 Å². The number of ether oxygens (including phenoxy) is 1. The summed E-state index contributed by atoms with van der Waals surface area (Å²) >= 11 is 0. The number of amides is 1. The summed E-state index contributed by atoms with van der Waals surface area (Å²) in [5.74, 6) is 0.313. The van der Waals surface area contributed by atoms with Crippen molar-refractivity contribution in [3.05, 3.63) is 65.5 Å². The van der Waals surface area contributed by atoms with Crippen molar-refractivity contribution in [2.75, 3.05) is 35.6 Å². The molecule has 1 saturated carbocycles. The van der Waals surface area contributed by atoms with Crippen LogP contribution in [0.3, 0.4) is 0 Å². The SMILES string of the molecule is Nc1nc(NCCCCc2ccccn2)nc2c1C(=O)N(c1ccc([C@H]3CC[C@H](CC(=O)O)CC3)cc1)CCO2. The second-order valence-electron chi connectivity index (χ2n) is 10.5. The van der Waals surface area contributed by atoms with Gasteiger partial charge in [0, 0.05) is 30.5 Å². The van der Waals surface area contributed by atoms with Gasteiger partial charge in [-0.2, -0.15) is 9.97 Å². The standard InChI is InChI=1S/C30H36N6O4/c31-27-26-28(35-30(34-27)33-16-4-2-6-23-5-1-3-15-32-23)40-18-17-36(29(26)39)24-13-11-22(12-14-24)21-9-7-20(8-10-21)19-25(37)38/h1,3,5,11-15,20-21H,2,4,6-10,16-19H2,(H,37,38)(H3,31,33,34,35)/t20-,21-. The first-order chi connectivity index (χ1) is 19.5. The quantitative estimate of drug-likeness (QED) is 0.310. The number of nitrogens with one attached hydrogen (secondary N) is 1. The van der Waals surface area contributed by atoms with Crippen LogP contribution in [0.4, 0.5) is 17.5 Å². The highest BCUT2D eigenvalue weighted by atomic mass is 16.5. The normalized spacial score (nSPS) is 18.9. The minimum atomic E-state index is -0.716. The molecule has 1 aliphatic carbocycles. The zero-order valence-electron chi connectivity index (χ0n) is 22.6. The van der Waals surface area contributed by atoms with E-state index in [0.29, 0.717) is 25.0 Å². The van der Waals surface area contributed by atoms with E-state index in [1.807, 2.05) is 30.3 Å². The largest absolute Gasteiger partial charge is 0.481 e. The molecular weight excluding hydrogens is 508 g/mol. The molecule has 0 unspecified atom stereocenters. The Balaban J connectivity index is 1.19. The molecule has 5 rings (SSSR count). The van der Waals surface area contributed by atoms with Gasteiger partial charge in [-0.1, -0.05) is 18.2 Å². The third kappa shape index (κ3) is 6.67. The average molecular weight is 545 g/mol. The number of benzene rings is 1. The van der Waals surface area contributed by atoms with Crippen LogP contribution in [0.25, 0.3) is 0 Å². The number of aryl methyl sites for hydroxylation is 1. The first kappa shape index (κ1) is 27.4. The van der Waals surface area contributed by atoms with Gasteiger partial charge in [-0.05, 0) is 86.6 Å². The van der Waals surface area contributed by atoms with Gasteiger partial charge in [0.25, 0.3) is 5.91 Å². The van der Waals surface area contributed by atoms with Crippen LogP contribution < -0.4 is 20.7 Å². The van der Waals surface area contributed by atoms with Crippen molar-refractivity contribution in [2.45, 2.75) is 57.3 Å². The highest BCUT2D eigenvalue weighted by Gasteiger charge is 2.30. The molecule has 4 N–H and O–H groups in total. The number of nitrogen functional groups attached to an aromatic ring is 1. The summed E-state index contributed by atoms with van der Waals surface area (Å²) in [6.45, 7) is 1.32. The van der Waals surface area contributed by atoms with Crippen molar-refractivity contribution in [1.82, 2.24) is 15.0 Å². The number of carbonyl (C=O) groups excluding carboxylic acids is 1. The summed E-state index contributed by atoms with van der Waals surface area (Å²) in [5, 5.41) is 12.3. The van der Waals surface area contributed by atoms with E-state index in [9.17, 15) is 9.59 Å². The molecule has 40 heavy (non-hydrogen) atoms. The summed E-state index contributed by atoms with van der Waals surface area (Å²) in [7, 11) is 0. The van der Waals surface area contributed by atoms with Crippen molar-refractivity contribution in [3.63, 3.8) is 0 Å². The van der Waals surface area contributed by atoms with E-state index < -0.39 is 5.97 Å². The molecule has 1 aromatic carbocycles. The molecule has 1 fully saturated rings. The first-order valence-corrected chi connectivity index (χ1v) is 14.1. The Kier molecular flexibility index (Phi) is 8.73. The number of rotatable bonds is 10. The molecule has 2 aliphatic rings. The third-order valence-electron chi connectivity index (χ3n) is 7.77. The lowest BCUT2D eigenvalue weighted by Gasteiger charge is -2.28. The summed E-state index contributed by atoms with van der Waals surface area (Å²) in [5.41, 5.74) is 9.48. The van der Waals surface area contributed by atoms with E-state index in [2.05, 4.69) is 32.4 Å². The minimum absolute atomic E-state index is 0.0904. The van der Waals surface area contributed by atoms with Crippen molar-refractivity contribution in [2.24, 2.45) is 5.92 Å². The molecule has 210 valence electrons. The van der Waals surface area contributed by atoms with E-state index in [1.54, 1.807) is 11.1 Å². The topological polar surface area (TPSA) is 144 Å². The fourth-order valence-electron chi connectivity index (χ4n) is 5.61. The van der Waals surface area contributed by atoms with Crippen LogP contribution in [0, 0.1) is 5.92 Å². The summed E-state index contributed by atoms with van der Waals surface area (Å²) in [6.07, 6.45) is 8.66. The molecular formula is C30H36N6O4. The van der Waals surface area contributed by atoms with Crippen LogP contribution >= 0.6 is 0 Å². The van der Waals surface area contributed by atoms with Crippen LogP contribution in [0.1, 0.15) is 72.5 Å². The maximum absolute atomic E-state index is 13.5. The fourth-order valence-corrected chi connectivity index (χ4v) is 5.61. The molecule has 3 aromatic rings. The number of aromatic nitrogens is 3. The molecule has 2 aromatic heterocycles. The molecule has 1 aliphatic heterocycles. The maximum atomic E-state index is 13.5.